The highest BCUT2D eigenvalue weighted by Crippen LogP contribution is 2.27. The number of rotatable bonds is 8. The molecule has 0 saturated carbocycles. The zero-order valence-corrected chi connectivity index (χ0v) is 19.5. The summed E-state index contributed by atoms with van der Waals surface area (Å²) in [5, 5.41) is 14.9. The molecule has 0 saturated heterocycles. The Labute approximate surface area is 198 Å². The summed E-state index contributed by atoms with van der Waals surface area (Å²) in [4.78, 5) is 29.8. The Hall–Kier alpha value is -4.38. The number of aromatic nitrogens is 1. The number of anilines is 1. The number of pyridine rings is 1. The van der Waals surface area contributed by atoms with E-state index in [2.05, 4.69) is 15.6 Å². The molecular weight excluding hydrogens is 432 g/mol. The van der Waals surface area contributed by atoms with Crippen LogP contribution in [0.1, 0.15) is 35.3 Å². The molecule has 2 N–H and O–H groups in total. The Kier molecular flexibility index (Phi) is 7.83. The van der Waals surface area contributed by atoms with E-state index in [9.17, 15) is 14.9 Å². The van der Waals surface area contributed by atoms with E-state index in [0.717, 1.165) is 5.56 Å². The lowest BCUT2D eigenvalue weighted by Crippen LogP contribution is -2.47. The van der Waals surface area contributed by atoms with E-state index in [1.807, 2.05) is 26.8 Å². The normalized spacial score (nSPS) is 11.3. The molecule has 0 radical (unpaired) electrons. The molecule has 0 aliphatic carbocycles. The fraction of sp³-hybridized carbons (Fsp3) is 0.231. The van der Waals surface area contributed by atoms with Gasteiger partial charge in [-0.3, -0.25) is 9.59 Å². The molecular formula is C26H26N4O4. The van der Waals surface area contributed by atoms with Gasteiger partial charge in [-0.25, -0.2) is 4.98 Å². The summed E-state index contributed by atoms with van der Waals surface area (Å²) in [6.45, 7) is 5.55. The van der Waals surface area contributed by atoms with Crippen LogP contribution in [-0.2, 0) is 4.79 Å². The summed E-state index contributed by atoms with van der Waals surface area (Å²) in [6, 6.07) is 16.4. The highest BCUT2D eigenvalue weighted by molar-refractivity contribution is 6.01. The number of nitrogens with one attached hydrogen (secondary N) is 2. The van der Waals surface area contributed by atoms with Crippen LogP contribution in [0.5, 0.6) is 17.4 Å². The Morgan fingerprint density at radius 1 is 1.06 bits per heavy atom. The second-order valence-corrected chi connectivity index (χ2v) is 7.96. The van der Waals surface area contributed by atoms with Crippen LogP contribution in [0.15, 0.2) is 60.8 Å². The average molecular weight is 459 g/mol. The van der Waals surface area contributed by atoms with Crippen LogP contribution in [0.3, 0.4) is 0 Å². The number of aryl methyl sites for hydroxylation is 1. The Bertz CT molecular complexity index is 1220. The fourth-order valence-corrected chi connectivity index (χ4v) is 3.22. The predicted molar refractivity (Wildman–Crippen MR) is 128 cm³/mol. The number of amides is 2. The van der Waals surface area contributed by atoms with Gasteiger partial charge in [-0.15, -0.1) is 0 Å². The van der Waals surface area contributed by atoms with Crippen LogP contribution in [0.4, 0.5) is 5.69 Å². The van der Waals surface area contributed by atoms with E-state index in [1.54, 1.807) is 67.9 Å². The molecule has 0 spiro atoms. The maximum atomic E-state index is 13.0. The van der Waals surface area contributed by atoms with E-state index in [4.69, 9.17) is 9.47 Å². The molecule has 1 heterocycles. The van der Waals surface area contributed by atoms with Crippen molar-refractivity contribution in [1.82, 2.24) is 10.3 Å². The minimum absolute atomic E-state index is 0.140. The molecule has 3 rings (SSSR count). The standard InChI is InChI=1S/C26H26N4O4/c1-16(2)23(30-24(31)18-7-9-20(33-4)10-8-18)25(32)29-22-12-11-21(14-17(22)3)34-26-19(15-27)6-5-13-28-26/h5-14,16,23H,1-4H3,(H,29,32)(H,30,31). The van der Waals surface area contributed by atoms with Crippen LogP contribution in [0.2, 0.25) is 0 Å². The van der Waals surface area contributed by atoms with Crippen molar-refractivity contribution in [3.8, 4) is 23.4 Å². The largest absolute Gasteiger partial charge is 0.497 e. The number of ether oxygens (including phenoxy) is 2. The summed E-state index contributed by atoms with van der Waals surface area (Å²) in [5.41, 5.74) is 2.10. The Balaban J connectivity index is 1.70. The lowest BCUT2D eigenvalue weighted by Gasteiger charge is -2.22. The monoisotopic (exact) mass is 458 g/mol. The topological polar surface area (TPSA) is 113 Å². The van der Waals surface area contributed by atoms with Gasteiger partial charge in [-0.05, 0) is 73.0 Å². The van der Waals surface area contributed by atoms with Crippen LogP contribution in [-0.4, -0.2) is 29.9 Å². The van der Waals surface area contributed by atoms with Gasteiger partial charge in [0.15, 0.2) is 0 Å². The van der Waals surface area contributed by atoms with E-state index in [-0.39, 0.29) is 23.6 Å². The molecule has 0 fully saturated rings. The van der Waals surface area contributed by atoms with Gasteiger partial charge < -0.3 is 20.1 Å². The zero-order chi connectivity index (χ0) is 24.7. The first-order chi connectivity index (χ1) is 16.3. The Morgan fingerprint density at radius 2 is 1.76 bits per heavy atom. The molecule has 0 bridgehead atoms. The van der Waals surface area contributed by atoms with Crippen molar-refractivity contribution in [1.29, 1.82) is 5.26 Å². The number of carbonyl (C=O) groups excluding carboxylic acids is 2. The van der Waals surface area contributed by atoms with E-state index in [0.29, 0.717) is 28.3 Å². The highest BCUT2D eigenvalue weighted by Gasteiger charge is 2.25. The van der Waals surface area contributed by atoms with Gasteiger partial charge in [-0.1, -0.05) is 13.8 Å². The SMILES string of the molecule is COc1ccc(C(=O)NC(C(=O)Nc2ccc(Oc3ncccc3C#N)cc2C)C(C)C)cc1. The van der Waals surface area contributed by atoms with Gasteiger partial charge in [0.2, 0.25) is 11.8 Å². The van der Waals surface area contributed by atoms with Gasteiger partial charge in [0.25, 0.3) is 5.91 Å². The third kappa shape index (κ3) is 5.90. The summed E-state index contributed by atoms with van der Waals surface area (Å²) >= 11 is 0. The van der Waals surface area contributed by atoms with Crippen molar-refractivity contribution in [3.05, 3.63) is 77.5 Å². The van der Waals surface area contributed by atoms with Crippen molar-refractivity contribution in [2.45, 2.75) is 26.8 Å². The summed E-state index contributed by atoms with van der Waals surface area (Å²) in [6.07, 6.45) is 1.55. The smallest absolute Gasteiger partial charge is 0.251 e. The second kappa shape index (κ2) is 11.0. The number of nitriles is 1. The second-order valence-electron chi connectivity index (χ2n) is 7.96. The molecule has 1 atom stereocenters. The molecule has 174 valence electrons. The lowest BCUT2D eigenvalue weighted by atomic mass is 10.0. The number of hydrogen-bond donors (Lipinski definition) is 2. The summed E-state index contributed by atoms with van der Waals surface area (Å²) in [7, 11) is 1.55. The van der Waals surface area contributed by atoms with Crippen molar-refractivity contribution in [2.24, 2.45) is 5.92 Å². The van der Waals surface area contributed by atoms with E-state index >= 15 is 0 Å². The number of methoxy groups -OCH3 is 1. The minimum atomic E-state index is -0.739. The highest BCUT2D eigenvalue weighted by atomic mass is 16.5. The van der Waals surface area contributed by atoms with Gasteiger partial charge in [0.05, 0.1) is 7.11 Å². The zero-order valence-electron chi connectivity index (χ0n) is 19.5. The fourth-order valence-electron chi connectivity index (χ4n) is 3.22. The van der Waals surface area contributed by atoms with Gasteiger partial charge in [0, 0.05) is 17.4 Å². The maximum absolute atomic E-state index is 13.0. The average Bonchev–Trinajstić information content (AvgIpc) is 2.84. The molecule has 2 amide bonds. The van der Waals surface area contributed by atoms with Crippen LogP contribution in [0.25, 0.3) is 0 Å². The van der Waals surface area contributed by atoms with Gasteiger partial charge in [-0.2, -0.15) is 5.26 Å². The Morgan fingerprint density at radius 3 is 2.38 bits per heavy atom. The number of carbonyl (C=O) groups is 2. The third-order valence-corrected chi connectivity index (χ3v) is 5.15. The van der Waals surface area contributed by atoms with Gasteiger partial charge >= 0.3 is 0 Å². The molecule has 3 aromatic rings. The summed E-state index contributed by atoms with van der Waals surface area (Å²) in [5.74, 6) is 0.523. The molecule has 2 aromatic carbocycles. The van der Waals surface area contributed by atoms with Crippen molar-refractivity contribution in [3.63, 3.8) is 0 Å². The van der Waals surface area contributed by atoms with Crippen LogP contribution < -0.4 is 20.1 Å². The van der Waals surface area contributed by atoms with Crippen molar-refractivity contribution in [2.75, 3.05) is 12.4 Å². The predicted octanol–water partition coefficient (Wildman–Crippen LogP) is 4.46. The number of nitrogens with zero attached hydrogens (tertiary/aromatic N) is 2. The number of hydrogen-bond acceptors (Lipinski definition) is 6. The van der Waals surface area contributed by atoms with E-state index in [1.165, 1.54) is 0 Å². The van der Waals surface area contributed by atoms with Gasteiger partial charge in [0.1, 0.15) is 29.2 Å². The molecule has 1 aromatic heterocycles. The third-order valence-electron chi connectivity index (χ3n) is 5.15. The van der Waals surface area contributed by atoms with Crippen molar-refractivity contribution >= 4 is 17.5 Å². The van der Waals surface area contributed by atoms with Crippen LogP contribution >= 0.6 is 0 Å². The number of benzene rings is 2. The molecule has 34 heavy (non-hydrogen) atoms. The van der Waals surface area contributed by atoms with Crippen molar-refractivity contribution < 1.29 is 19.1 Å². The molecule has 0 aliphatic rings. The minimum Gasteiger partial charge on any atom is -0.497 e. The first kappa shape index (κ1) is 24.3. The molecule has 8 nitrogen and oxygen atoms in total. The quantitative estimate of drug-likeness (QED) is 0.515. The summed E-state index contributed by atoms with van der Waals surface area (Å²) < 4.78 is 10.8. The maximum Gasteiger partial charge on any atom is 0.251 e. The van der Waals surface area contributed by atoms with Crippen LogP contribution in [0, 0.1) is 24.2 Å². The first-order valence-corrected chi connectivity index (χ1v) is 10.7. The molecule has 1 unspecified atom stereocenters. The van der Waals surface area contributed by atoms with E-state index < -0.39 is 6.04 Å². The lowest BCUT2D eigenvalue weighted by molar-refractivity contribution is -0.118. The first-order valence-electron chi connectivity index (χ1n) is 10.7. The molecule has 0 aliphatic heterocycles. The molecule has 8 heteroatoms.